The number of carbonyl (C=O) groups excluding carboxylic acids is 2. The van der Waals surface area contributed by atoms with Crippen LogP contribution in [0.1, 0.15) is 52.4 Å². The molecule has 0 aromatic heterocycles. The highest BCUT2D eigenvalue weighted by Crippen LogP contribution is 2.17. The van der Waals surface area contributed by atoms with Crippen LogP contribution in [0.25, 0.3) is 0 Å². The molecule has 4 N–H and O–H groups in total. The third-order valence-electron chi connectivity index (χ3n) is 3.93. The number of aliphatic hydroxyl groups is 1. The molecule has 1 fully saturated rings. The van der Waals surface area contributed by atoms with Crippen molar-refractivity contribution in [3.63, 3.8) is 0 Å². The van der Waals surface area contributed by atoms with Gasteiger partial charge in [0.1, 0.15) is 0 Å². The zero-order valence-corrected chi connectivity index (χ0v) is 13.2. The Bertz CT molecular complexity index is 328. The lowest BCUT2D eigenvalue weighted by atomic mass is 9.96. The molecule has 0 unspecified atom stereocenters. The van der Waals surface area contributed by atoms with Crippen molar-refractivity contribution in [2.24, 2.45) is 5.92 Å². The van der Waals surface area contributed by atoms with Gasteiger partial charge in [0.15, 0.2) is 0 Å². The number of carbonyl (C=O) groups is 2. The van der Waals surface area contributed by atoms with Gasteiger partial charge >= 0.3 is 6.03 Å². The van der Waals surface area contributed by atoms with Crippen LogP contribution >= 0.6 is 0 Å². The van der Waals surface area contributed by atoms with Crippen LogP contribution in [-0.4, -0.2) is 42.3 Å². The predicted octanol–water partition coefficient (Wildman–Crippen LogP) is 1.14. The van der Waals surface area contributed by atoms with E-state index in [-0.39, 0.29) is 43.0 Å². The topological polar surface area (TPSA) is 90.5 Å². The Labute approximate surface area is 127 Å². The van der Waals surface area contributed by atoms with Gasteiger partial charge in [-0.05, 0) is 18.8 Å². The van der Waals surface area contributed by atoms with Gasteiger partial charge in [-0.15, -0.1) is 0 Å². The summed E-state index contributed by atoms with van der Waals surface area (Å²) in [5.74, 6) is 0.0298. The Balaban J connectivity index is 2.14. The zero-order valence-electron chi connectivity index (χ0n) is 13.2. The van der Waals surface area contributed by atoms with E-state index in [1.165, 1.54) is 19.3 Å². The quantitative estimate of drug-likeness (QED) is 0.568. The minimum absolute atomic E-state index is 0.0704. The van der Waals surface area contributed by atoms with Crippen molar-refractivity contribution >= 4 is 11.9 Å². The first-order valence-corrected chi connectivity index (χ1v) is 7.97. The number of hydrogen-bond donors (Lipinski definition) is 4. The van der Waals surface area contributed by atoms with Crippen LogP contribution in [0.3, 0.4) is 0 Å². The Morgan fingerprint density at radius 2 is 1.86 bits per heavy atom. The molecule has 21 heavy (non-hydrogen) atoms. The molecular formula is C15H29N3O3. The summed E-state index contributed by atoms with van der Waals surface area (Å²) >= 11 is 0. The lowest BCUT2D eigenvalue weighted by Gasteiger charge is -2.23. The molecule has 1 atom stereocenters. The molecule has 1 aliphatic carbocycles. The molecule has 0 aromatic rings. The number of aliphatic hydroxyl groups excluding tert-OH is 1. The average molecular weight is 299 g/mol. The number of rotatable bonds is 7. The van der Waals surface area contributed by atoms with E-state index in [1.54, 1.807) is 0 Å². The van der Waals surface area contributed by atoms with E-state index in [1.807, 2.05) is 13.8 Å². The molecule has 1 saturated carbocycles. The SMILES string of the molecule is CC(C)[C@@H](CO)NC(=O)CCNC(=O)NC1CCCCC1. The minimum atomic E-state index is -0.228. The lowest BCUT2D eigenvalue weighted by molar-refractivity contribution is -0.122. The molecular weight excluding hydrogens is 270 g/mol. The van der Waals surface area contributed by atoms with Crippen molar-refractivity contribution in [2.75, 3.05) is 13.2 Å². The lowest BCUT2D eigenvalue weighted by Crippen LogP contribution is -2.45. The maximum absolute atomic E-state index is 11.7. The first-order valence-electron chi connectivity index (χ1n) is 7.97. The van der Waals surface area contributed by atoms with Gasteiger partial charge in [0.05, 0.1) is 12.6 Å². The van der Waals surface area contributed by atoms with E-state index in [4.69, 9.17) is 5.11 Å². The van der Waals surface area contributed by atoms with Crippen molar-refractivity contribution in [1.29, 1.82) is 0 Å². The fourth-order valence-corrected chi connectivity index (χ4v) is 2.47. The molecule has 0 heterocycles. The van der Waals surface area contributed by atoms with Crippen LogP contribution in [0, 0.1) is 5.92 Å². The van der Waals surface area contributed by atoms with Gasteiger partial charge in [-0.1, -0.05) is 33.1 Å². The first-order chi connectivity index (χ1) is 10.0. The Morgan fingerprint density at radius 1 is 1.19 bits per heavy atom. The second-order valence-corrected chi connectivity index (χ2v) is 6.09. The van der Waals surface area contributed by atoms with E-state index in [2.05, 4.69) is 16.0 Å². The van der Waals surface area contributed by atoms with Crippen LogP contribution in [0.5, 0.6) is 0 Å². The van der Waals surface area contributed by atoms with Crippen molar-refractivity contribution in [3.8, 4) is 0 Å². The van der Waals surface area contributed by atoms with Crippen molar-refractivity contribution in [1.82, 2.24) is 16.0 Å². The maximum atomic E-state index is 11.7. The largest absolute Gasteiger partial charge is 0.394 e. The van der Waals surface area contributed by atoms with Gasteiger partial charge in [0.25, 0.3) is 0 Å². The summed E-state index contributed by atoms with van der Waals surface area (Å²) in [4.78, 5) is 23.4. The second kappa shape index (κ2) is 9.60. The molecule has 6 nitrogen and oxygen atoms in total. The highest BCUT2D eigenvalue weighted by Gasteiger charge is 2.16. The van der Waals surface area contributed by atoms with Gasteiger partial charge in [-0.2, -0.15) is 0 Å². The maximum Gasteiger partial charge on any atom is 0.315 e. The number of nitrogens with one attached hydrogen (secondary N) is 3. The predicted molar refractivity (Wildman–Crippen MR) is 81.9 cm³/mol. The van der Waals surface area contributed by atoms with Crippen molar-refractivity contribution < 1.29 is 14.7 Å². The molecule has 0 saturated heterocycles. The Kier molecular flexibility index (Phi) is 8.12. The van der Waals surface area contributed by atoms with E-state index < -0.39 is 0 Å². The monoisotopic (exact) mass is 299 g/mol. The number of amides is 3. The normalized spacial score (nSPS) is 17.3. The Morgan fingerprint density at radius 3 is 2.43 bits per heavy atom. The van der Waals surface area contributed by atoms with Crippen LogP contribution < -0.4 is 16.0 Å². The molecule has 6 heteroatoms. The van der Waals surface area contributed by atoms with Gasteiger partial charge in [-0.3, -0.25) is 4.79 Å². The summed E-state index contributed by atoms with van der Waals surface area (Å²) in [5, 5.41) is 17.6. The summed E-state index contributed by atoms with van der Waals surface area (Å²) < 4.78 is 0. The fourth-order valence-electron chi connectivity index (χ4n) is 2.47. The summed E-state index contributed by atoms with van der Waals surface area (Å²) in [7, 11) is 0. The summed E-state index contributed by atoms with van der Waals surface area (Å²) in [5.41, 5.74) is 0. The van der Waals surface area contributed by atoms with Crippen LogP contribution in [-0.2, 0) is 4.79 Å². The zero-order chi connectivity index (χ0) is 15.7. The third kappa shape index (κ3) is 7.32. The first kappa shape index (κ1) is 17.8. The number of urea groups is 1. The molecule has 3 amide bonds. The smallest absolute Gasteiger partial charge is 0.315 e. The van der Waals surface area contributed by atoms with Gasteiger partial charge in [0, 0.05) is 19.0 Å². The second-order valence-electron chi connectivity index (χ2n) is 6.09. The molecule has 1 rings (SSSR count). The van der Waals surface area contributed by atoms with Crippen LogP contribution in [0.4, 0.5) is 4.79 Å². The van der Waals surface area contributed by atoms with E-state index >= 15 is 0 Å². The molecule has 0 radical (unpaired) electrons. The highest BCUT2D eigenvalue weighted by atomic mass is 16.3. The summed E-state index contributed by atoms with van der Waals surface area (Å²) in [6.07, 6.45) is 5.90. The van der Waals surface area contributed by atoms with E-state index in [9.17, 15) is 9.59 Å². The molecule has 0 spiro atoms. The fraction of sp³-hybridized carbons (Fsp3) is 0.867. The average Bonchev–Trinajstić information content (AvgIpc) is 2.45. The Hall–Kier alpha value is -1.30. The van der Waals surface area contributed by atoms with Crippen molar-refractivity contribution in [2.45, 2.75) is 64.5 Å². The molecule has 122 valence electrons. The summed E-state index contributed by atoms with van der Waals surface area (Å²) in [6.45, 7) is 4.12. The van der Waals surface area contributed by atoms with Gasteiger partial charge < -0.3 is 21.1 Å². The molecule has 0 bridgehead atoms. The van der Waals surface area contributed by atoms with Gasteiger partial charge in [0.2, 0.25) is 5.91 Å². The van der Waals surface area contributed by atoms with E-state index in [0.717, 1.165) is 12.8 Å². The number of hydrogen-bond acceptors (Lipinski definition) is 3. The molecule has 0 aliphatic heterocycles. The van der Waals surface area contributed by atoms with Crippen LogP contribution in [0.2, 0.25) is 0 Å². The van der Waals surface area contributed by atoms with Crippen molar-refractivity contribution in [3.05, 3.63) is 0 Å². The van der Waals surface area contributed by atoms with Crippen LogP contribution in [0.15, 0.2) is 0 Å². The third-order valence-corrected chi connectivity index (χ3v) is 3.93. The standard InChI is InChI=1S/C15H29N3O3/c1-11(2)13(10-19)18-14(20)8-9-16-15(21)17-12-6-4-3-5-7-12/h11-13,19H,3-10H2,1-2H3,(H,18,20)(H2,16,17,21)/t13-/m1/s1. The van der Waals surface area contributed by atoms with E-state index in [0.29, 0.717) is 6.54 Å². The summed E-state index contributed by atoms with van der Waals surface area (Å²) in [6, 6.07) is -0.155. The minimum Gasteiger partial charge on any atom is -0.394 e. The highest BCUT2D eigenvalue weighted by molar-refractivity contribution is 5.78. The van der Waals surface area contributed by atoms with Gasteiger partial charge in [-0.25, -0.2) is 4.79 Å². The molecule has 1 aliphatic rings. The molecule has 0 aromatic carbocycles.